The Bertz CT molecular complexity index is 1040. The van der Waals surface area contributed by atoms with Crippen molar-refractivity contribution >= 4 is 51.7 Å². The van der Waals surface area contributed by atoms with Gasteiger partial charge in [-0.1, -0.05) is 43.9 Å². The monoisotopic (exact) mass is 430 g/mol. The first kappa shape index (κ1) is 21.5. The zero-order valence-electron chi connectivity index (χ0n) is 17.3. The van der Waals surface area contributed by atoms with E-state index in [0.29, 0.717) is 32.8 Å². The molecular formula is C21H26N4O2S2. The van der Waals surface area contributed by atoms with Gasteiger partial charge in [-0.15, -0.1) is 0 Å². The van der Waals surface area contributed by atoms with Crippen LogP contribution in [-0.2, 0) is 4.79 Å². The van der Waals surface area contributed by atoms with Crippen LogP contribution in [0.1, 0.15) is 44.7 Å². The Balaban J connectivity index is 2.26. The summed E-state index contributed by atoms with van der Waals surface area (Å²) in [6.45, 7) is 10.1. The summed E-state index contributed by atoms with van der Waals surface area (Å²) in [7, 11) is 0. The van der Waals surface area contributed by atoms with Gasteiger partial charge in [0.05, 0.1) is 10.5 Å². The normalized spacial score (nSPS) is 15.7. The standard InChI is InChI=1S/C21H26N4O2S2/c1-5-10-23(11-6-2)18-15(13-16-20(27)24(7-3)21(28)29-16)19(26)25-12-8-9-14(4)17(25)22-18/h8-9,12-13H,5-7,10-11H2,1-4H3. The van der Waals surface area contributed by atoms with E-state index >= 15 is 0 Å². The summed E-state index contributed by atoms with van der Waals surface area (Å²) in [6, 6.07) is 3.78. The van der Waals surface area contributed by atoms with Crippen molar-refractivity contribution < 1.29 is 4.79 Å². The fourth-order valence-electron chi connectivity index (χ4n) is 3.43. The number of carbonyl (C=O) groups excluding carboxylic acids is 1. The van der Waals surface area contributed by atoms with Crippen molar-refractivity contribution in [3.8, 4) is 0 Å². The molecule has 6 nitrogen and oxygen atoms in total. The number of nitrogens with zero attached hydrogens (tertiary/aromatic N) is 4. The molecule has 2 aromatic rings. The van der Waals surface area contributed by atoms with E-state index < -0.39 is 0 Å². The van der Waals surface area contributed by atoms with E-state index in [9.17, 15) is 9.59 Å². The molecular weight excluding hydrogens is 404 g/mol. The van der Waals surface area contributed by atoms with E-state index in [1.54, 1.807) is 21.6 Å². The summed E-state index contributed by atoms with van der Waals surface area (Å²) in [6.07, 6.45) is 5.27. The van der Waals surface area contributed by atoms with Crippen molar-refractivity contribution in [1.82, 2.24) is 14.3 Å². The van der Waals surface area contributed by atoms with Gasteiger partial charge in [-0.05, 0) is 44.4 Å². The maximum atomic E-state index is 13.4. The first-order valence-electron chi connectivity index (χ1n) is 9.95. The molecule has 0 spiro atoms. The maximum absolute atomic E-state index is 13.4. The Morgan fingerprint density at radius 2 is 1.90 bits per heavy atom. The molecule has 0 atom stereocenters. The highest BCUT2D eigenvalue weighted by Gasteiger charge is 2.31. The summed E-state index contributed by atoms with van der Waals surface area (Å²) < 4.78 is 2.08. The van der Waals surface area contributed by atoms with Gasteiger partial charge in [-0.2, -0.15) is 0 Å². The number of thiocarbonyl (C=S) groups is 1. The molecule has 1 aliphatic rings. The van der Waals surface area contributed by atoms with Crippen molar-refractivity contribution in [2.75, 3.05) is 24.5 Å². The van der Waals surface area contributed by atoms with E-state index in [2.05, 4.69) is 18.7 Å². The van der Waals surface area contributed by atoms with Crippen LogP contribution in [0.5, 0.6) is 0 Å². The summed E-state index contributed by atoms with van der Waals surface area (Å²) in [4.78, 5) is 35.2. The predicted octanol–water partition coefficient (Wildman–Crippen LogP) is 3.85. The van der Waals surface area contributed by atoms with Crippen LogP contribution in [0.3, 0.4) is 0 Å². The summed E-state index contributed by atoms with van der Waals surface area (Å²) in [5.74, 6) is 0.481. The lowest BCUT2D eigenvalue weighted by Crippen LogP contribution is -2.31. The molecule has 0 aromatic carbocycles. The molecule has 29 heavy (non-hydrogen) atoms. The van der Waals surface area contributed by atoms with Gasteiger partial charge in [0.1, 0.15) is 15.8 Å². The molecule has 154 valence electrons. The molecule has 1 aliphatic heterocycles. The Morgan fingerprint density at radius 1 is 1.21 bits per heavy atom. The largest absolute Gasteiger partial charge is 0.356 e. The highest BCUT2D eigenvalue weighted by molar-refractivity contribution is 8.26. The zero-order valence-corrected chi connectivity index (χ0v) is 18.9. The second-order valence-electron chi connectivity index (χ2n) is 6.95. The van der Waals surface area contributed by atoms with Crippen molar-refractivity contribution in [3.63, 3.8) is 0 Å². The number of amides is 1. The number of aromatic nitrogens is 2. The number of aryl methyl sites for hydroxylation is 1. The number of carbonyl (C=O) groups is 1. The average molecular weight is 431 g/mol. The van der Waals surface area contributed by atoms with Gasteiger partial charge in [0.25, 0.3) is 11.5 Å². The number of fused-ring (bicyclic) bond motifs is 1. The molecule has 1 saturated heterocycles. The van der Waals surface area contributed by atoms with Crippen molar-refractivity contribution in [2.24, 2.45) is 0 Å². The fraction of sp³-hybridized carbons (Fsp3) is 0.429. The lowest BCUT2D eigenvalue weighted by Gasteiger charge is -2.25. The molecule has 0 radical (unpaired) electrons. The van der Waals surface area contributed by atoms with E-state index in [1.165, 1.54) is 11.8 Å². The molecule has 0 saturated carbocycles. The van der Waals surface area contributed by atoms with Crippen LogP contribution in [0.4, 0.5) is 5.82 Å². The van der Waals surface area contributed by atoms with Crippen LogP contribution < -0.4 is 10.5 Å². The molecule has 2 aromatic heterocycles. The van der Waals surface area contributed by atoms with E-state index in [0.717, 1.165) is 31.5 Å². The van der Waals surface area contributed by atoms with Crippen LogP contribution in [-0.4, -0.2) is 44.1 Å². The van der Waals surface area contributed by atoms with Gasteiger partial charge >= 0.3 is 0 Å². The first-order chi connectivity index (χ1) is 13.9. The topological polar surface area (TPSA) is 57.9 Å². The molecule has 0 bridgehead atoms. The predicted molar refractivity (Wildman–Crippen MR) is 125 cm³/mol. The number of pyridine rings is 1. The van der Waals surface area contributed by atoms with Gasteiger partial charge in [0, 0.05) is 25.8 Å². The minimum Gasteiger partial charge on any atom is -0.356 e. The Labute approximate surface area is 180 Å². The van der Waals surface area contributed by atoms with Gasteiger partial charge < -0.3 is 4.90 Å². The summed E-state index contributed by atoms with van der Waals surface area (Å²) in [5, 5.41) is 0. The van der Waals surface area contributed by atoms with Crippen LogP contribution >= 0.6 is 24.0 Å². The van der Waals surface area contributed by atoms with Crippen LogP contribution in [0, 0.1) is 6.92 Å². The Kier molecular flexibility index (Phi) is 6.74. The maximum Gasteiger partial charge on any atom is 0.267 e. The van der Waals surface area contributed by atoms with Crippen molar-refractivity contribution in [2.45, 2.75) is 40.5 Å². The van der Waals surface area contributed by atoms with Crippen LogP contribution in [0.25, 0.3) is 11.7 Å². The number of rotatable bonds is 7. The lowest BCUT2D eigenvalue weighted by atomic mass is 10.2. The Hall–Kier alpha value is -2.19. The quantitative estimate of drug-likeness (QED) is 0.491. The summed E-state index contributed by atoms with van der Waals surface area (Å²) >= 11 is 6.56. The van der Waals surface area contributed by atoms with E-state index in [-0.39, 0.29) is 11.5 Å². The molecule has 3 heterocycles. The van der Waals surface area contributed by atoms with Crippen LogP contribution in [0.2, 0.25) is 0 Å². The molecule has 8 heteroatoms. The highest BCUT2D eigenvalue weighted by atomic mass is 32.2. The second kappa shape index (κ2) is 9.09. The van der Waals surface area contributed by atoms with Gasteiger partial charge in [-0.3, -0.25) is 18.9 Å². The number of thioether (sulfide) groups is 1. The Morgan fingerprint density at radius 3 is 2.48 bits per heavy atom. The molecule has 1 amide bonds. The molecule has 0 aliphatic carbocycles. The number of hydrogen-bond acceptors (Lipinski definition) is 6. The fourth-order valence-corrected chi connectivity index (χ4v) is 4.80. The minimum atomic E-state index is -0.173. The minimum absolute atomic E-state index is 0.153. The SMILES string of the molecule is CCCN(CCC)c1nc2c(C)cccn2c(=O)c1C=C1SC(=S)N(CC)C1=O. The number of hydrogen-bond donors (Lipinski definition) is 0. The van der Waals surface area contributed by atoms with E-state index in [1.807, 2.05) is 26.0 Å². The van der Waals surface area contributed by atoms with E-state index in [4.69, 9.17) is 17.2 Å². The third-order valence-corrected chi connectivity index (χ3v) is 6.19. The first-order valence-corrected chi connectivity index (χ1v) is 11.2. The molecule has 1 fully saturated rings. The van der Waals surface area contributed by atoms with Crippen molar-refractivity contribution in [1.29, 1.82) is 0 Å². The van der Waals surface area contributed by atoms with Gasteiger partial charge in [0.15, 0.2) is 0 Å². The highest BCUT2D eigenvalue weighted by Crippen LogP contribution is 2.33. The lowest BCUT2D eigenvalue weighted by molar-refractivity contribution is -0.121. The van der Waals surface area contributed by atoms with Gasteiger partial charge in [0.2, 0.25) is 0 Å². The molecule has 3 rings (SSSR count). The third-order valence-electron chi connectivity index (χ3n) is 4.82. The average Bonchev–Trinajstić information content (AvgIpc) is 2.97. The molecule has 0 N–H and O–H groups in total. The summed E-state index contributed by atoms with van der Waals surface area (Å²) in [5.41, 5.74) is 1.84. The number of likely N-dealkylation sites (N-methyl/N-ethyl adjacent to an activating group) is 1. The van der Waals surface area contributed by atoms with Gasteiger partial charge in [-0.25, -0.2) is 4.98 Å². The number of anilines is 1. The smallest absolute Gasteiger partial charge is 0.267 e. The third kappa shape index (κ3) is 4.09. The van der Waals surface area contributed by atoms with Crippen LogP contribution in [0.15, 0.2) is 28.0 Å². The second-order valence-corrected chi connectivity index (χ2v) is 8.63. The molecule has 0 unspecified atom stereocenters. The zero-order chi connectivity index (χ0) is 21.1. The van der Waals surface area contributed by atoms with Crippen molar-refractivity contribution in [3.05, 3.63) is 44.7 Å².